The van der Waals surface area contributed by atoms with Crippen molar-refractivity contribution in [2.45, 2.75) is 20.0 Å². The van der Waals surface area contributed by atoms with E-state index in [1.165, 1.54) is 0 Å². The molecule has 0 aliphatic heterocycles. The number of nitriles is 1. The molecule has 0 bridgehead atoms. The fraction of sp³-hybridized carbons (Fsp3) is 0.133. The van der Waals surface area contributed by atoms with E-state index < -0.39 is 5.91 Å². The van der Waals surface area contributed by atoms with Crippen LogP contribution in [0.1, 0.15) is 24.5 Å². The molecule has 1 N–H and O–H groups in total. The molecule has 0 aliphatic carbocycles. The normalized spacial score (nSPS) is 11.1. The van der Waals surface area contributed by atoms with Gasteiger partial charge in [-0.25, -0.2) is 0 Å². The van der Waals surface area contributed by atoms with Gasteiger partial charge >= 0.3 is 0 Å². The number of nitrogens with zero attached hydrogens (tertiary/aromatic N) is 1. The van der Waals surface area contributed by atoms with Gasteiger partial charge in [-0.3, -0.25) is 4.79 Å². The van der Waals surface area contributed by atoms with Crippen molar-refractivity contribution in [3.05, 3.63) is 106 Å². The number of benzene rings is 4. The predicted octanol–water partition coefficient (Wildman–Crippen LogP) is 7.52. The Labute approximate surface area is 219 Å². The number of carbonyl (C=O) groups excluding carboxylic acids is 1. The molecule has 0 saturated heterocycles. The summed E-state index contributed by atoms with van der Waals surface area (Å²) in [5.74, 6) is 0.833. The second-order valence-electron chi connectivity index (χ2n) is 8.11. The Hall–Kier alpha value is -4.08. The molecule has 0 fully saturated rings. The quantitative estimate of drug-likeness (QED) is 0.176. The summed E-state index contributed by atoms with van der Waals surface area (Å²) in [4.78, 5) is 13.0. The highest BCUT2D eigenvalue weighted by molar-refractivity contribution is 9.10. The van der Waals surface area contributed by atoms with Gasteiger partial charge in [0.1, 0.15) is 29.7 Å². The number of hydrogen-bond acceptors (Lipinski definition) is 4. The third-order valence-corrected chi connectivity index (χ3v) is 6.01. The van der Waals surface area contributed by atoms with Crippen molar-refractivity contribution in [3.8, 4) is 17.6 Å². The predicted molar refractivity (Wildman–Crippen MR) is 147 cm³/mol. The third-order valence-electron chi connectivity index (χ3n) is 5.48. The van der Waals surface area contributed by atoms with Crippen LogP contribution < -0.4 is 14.8 Å². The fourth-order valence-electron chi connectivity index (χ4n) is 3.64. The minimum absolute atomic E-state index is 0.0109. The molecule has 5 nitrogen and oxygen atoms in total. The number of amides is 1. The summed E-state index contributed by atoms with van der Waals surface area (Å²) in [5, 5.41) is 14.5. The highest BCUT2D eigenvalue weighted by atomic mass is 79.9. The summed E-state index contributed by atoms with van der Waals surface area (Å²) in [6.45, 7) is 3.01. The van der Waals surface area contributed by atoms with Gasteiger partial charge in [0.05, 0.1) is 6.61 Å². The summed E-state index contributed by atoms with van der Waals surface area (Å²) < 4.78 is 12.7. The van der Waals surface area contributed by atoms with E-state index in [9.17, 15) is 10.1 Å². The highest BCUT2D eigenvalue weighted by Gasteiger charge is 2.14. The molecular weight excluding hydrogens is 516 g/mol. The molecule has 180 valence electrons. The number of fused-ring (bicyclic) bond motifs is 1. The van der Waals surface area contributed by atoms with E-state index in [4.69, 9.17) is 9.47 Å². The number of rotatable bonds is 9. The Morgan fingerprint density at radius 2 is 1.72 bits per heavy atom. The standard InChI is InChI=1S/C30H25BrN2O3/c1-2-17-35-29-16-9-22-5-3-4-6-27(22)28(29)18-23(19-32)30(34)33-25-12-14-26(15-13-25)36-20-21-7-10-24(31)11-8-21/h3-16,18H,2,17,20H2,1H3,(H,33,34)/b23-18+. The van der Waals surface area contributed by atoms with Crippen molar-refractivity contribution < 1.29 is 14.3 Å². The van der Waals surface area contributed by atoms with E-state index >= 15 is 0 Å². The number of ether oxygens (including phenoxy) is 2. The van der Waals surface area contributed by atoms with Crippen LogP contribution in [0, 0.1) is 11.3 Å². The monoisotopic (exact) mass is 540 g/mol. The van der Waals surface area contributed by atoms with Crippen LogP contribution in [0.3, 0.4) is 0 Å². The number of hydrogen-bond donors (Lipinski definition) is 1. The maximum Gasteiger partial charge on any atom is 0.266 e. The molecule has 1 amide bonds. The molecule has 0 saturated carbocycles. The summed E-state index contributed by atoms with van der Waals surface area (Å²) in [7, 11) is 0. The van der Waals surface area contributed by atoms with Gasteiger partial charge < -0.3 is 14.8 Å². The van der Waals surface area contributed by atoms with Gasteiger partial charge in [0.2, 0.25) is 0 Å². The third kappa shape index (κ3) is 6.32. The van der Waals surface area contributed by atoms with Crippen molar-refractivity contribution in [3.63, 3.8) is 0 Å². The SMILES string of the molecule is CCCOc1ccc2ccccc2c1/C=C(\C#N)C(=O)Nc1ccc(OCc2ccc(Br)cc2)cc1. The lowest BCUT2D eigenvalue weighted by Crippen LogP contribution is -2.13. The summed E-state index contributed by atoms with van der Waals surface area (Å²) in [6, 6.07) is 28.7. The van der Waals surface area contributed by atoms with Crippen LogP contribution in [0.4, 0.5) is 5.69 Å². The minimum atomic E-state index is -0.490. The zero-order valence-electron chi connectivity index (χ0n) is 19.8. The zero-order chi connectivity index (χ0) is 25.3. The van der Waals surface area contributed by atoms with E-state index in [-0.39, 0.29) is 5.57 Å². The van der Waals surface area contributed by atoms with Gasteiger partial charge in [-0.1, -0.05) is 65.3 Å². The van der Waals surface area contributed by atoms with Crippen molar-refractivity contribution in [1.82, 2.24) is 0 Å². The molecule has 0 heterocycles. The van der Waals surface area contributed by atoms with Crippen LogP contribution in [0.25, 0.3) is 16.8 Å². The molecule has 0 spiro atoms. The Morgan fingerprint density at radius 3 is 2.44 bits per heavy atom. The maximum atomic E-state index is 13.0. The van der Waals surface area contributed by atoms with Crippen LogP contribution in [-0.4, -0.2) is 12.5 Å². The number of halogens is 1. The Morgan fingerprint density at radius 1 is 0.972 bits per heavy atom. The molecule has 0 aliphatic rings. The van der Waals surface area contributed by atoms with Crippen LogP contribution in [0.5, 0.6) is 11.5 Å². The summed E-state index contributed by atoms with van der Waals surface area (Å²) >= 11 is 3.42. The van der Waals surface area contributed by atoms with Crippen molar-refractivity contribution in [1.29, 1.82) is 5.26 Å². The minimum Gasteiger partial charge on any atom is -0.493 e. The van der Waals surface area contributed by atoms with Gasteiger partial charge in [-0.05, 0) is 71.3 Å². The van der Waals surface area contributed by atoms with Crippen LogP contribution >= 0.6 is 15.9 Å². The summed E-state index contributed by atoms with van der Waals surface area (Å²) in [6.07, 6.45) is 2.45. The largest absolute Gasteiger partial charge is 0.493 e. The number of carbonyl (C=O) groups is 1. The number of anilines is 1. The van der Waals surface area contributed by atoms with Gasteiger partial charge in [0, 0.05) is 15.7 Å². The molecule has 0 unspecified atom stereocenters. The average molecular weight is 541 g/mol. The van der Waals surface area contributed by atoms with E-state index in [0.717, 1.165) is 27.2 Å². The van der Waals surface area contributed by atoms with Gasteiger partial charge in [0.15, 0.2) is 0 Å². The first-order valence-electron chi connectivity index (χ1n) is 11.6. The maximum absolute atomic E-state index is 13.0. The van der Waals surface area contributed by atoms with Crippen molar-refractivity contribution in [2.24, 2.45) is 0 Å². The van der Waals surface area contributed by atoms with Crippen LogP contribution in [0.15, 0.2) is 95.0 Å². The first kappa shape index (κ1) is 25.0. The molecule has 0 radical (unpaired) electrons. The fourth-order valence-corrected chi connectivity index (χ4v) is 3.90. The molecule has 36 heavy (non-hydrogen) atoms. The average Bonchev–Trinajstić information content (AvgIpc) is 2.91. The molecule has 4 aromatic carbocycles. The van der Waals surface area contributed by atoms with Crippen LogP contribution in [0.2, 0.25) is 0 Å². The molecule has 4 aromatic rings. The topological polar surface area (TPSA) is 71.3 Å². The van der Waals surface area contributed by atoms with Gasteiger partial charge in [0.25, 0.3) is 5.91 Å². The lowest BCUT2D eigenvalue weighted by molar-refractivity contribution is -0.112. The van der Waals surface area contributed by atoms with E-state index in [1.54, 1.807) is 30.3 Å². The summed E-state index contributed by atoms with van der Waals surface area (Å²) in [5.41, 5.74) is 2.32. The Bertz CT molecular complexity index is 1420. The first-order chi connectivity index (χ1) is 17.6. The molecular formula is C30H25BrN2O3. The van der Waals surface area contributed by atoms with Crippen LogP contribution in [-0.2, 0) is 11.4 Å². The van der Waals surface area contributed by atoms with E-state index in [0.29, 0.717) is 36.0 Å². The Kier molecular flexibility index (Phi) is 8.38. The van der Waals surface area contributed by atoms with Gasteiger partial charge in [-0.15, -0.1) is 0 Å². The molecule has 0 atom stereocenters. The molecule has 0 aromatic heterocycles. The first-order valence-corrected chi connectivity index (χ1v) is 12.4. The molecule has 4 rings (SSSR count). The second kappa shape index (κ2) is 12.1. The lowest BCUT2D eigenvalue weighted by atomic mass is 10.0. The van der Waals surface area contributed by atoms with Crippen molar-refractivity contribution >= 4 is 44.4 Å². The van der Waals surface area contributed by atoms with E-state index in [2.05, 4.69) is 21.2 Å². The molecule has 6 heteroatoms. The number of nitrogens with one attached hydrogen (secondary N) is 1. The highest BCUT2D eigenvalue weighted by Crippen LogP contribution is 2.31. The smallest absolute Gasteiger partial charge is 0.266 e. The second-order valence-corrected chi connectivity index (χ2v) is 9.03. The Balaban J connectivity index is 1.50. The van der Waals surface area contributed by atoms with Crippen molar-refractivity contribution in [2.75, 3.05) is 11.9 Å². The zero-order valence-corrected chi connectivity index (χ0v) is 21.4. The van der Waals surface area contributed by atoms with E-state index in [1.807, 2.05) is 73.7 Å². The van der Waals surface area contributed by atoms with Gasteiger partial charge in [-0.2, -0.15) is 5.26 Å². The lowest BCUT2D eigenvalue weighted by Gasteiger charge is -2.12.